The second-order valence-corrected chi connectivity index (χ2v) is 9.24. The number of amidine groups is 2. The SMILES string of the molecule is CN1C(C2CCCC(C3=NC4CCCCC4N3C)N2)=NC2CCCCC21. The van der Waals surface area contributed by atoms with Crippen LogP contribution in [0.25, 0.3) is 0 Å². The normalized spacial score (nSPS) is 43.0. The first kappa shape index (κ1) is 17.0. The van der Waals surface area contributed by atoms with Crippen molar-refractivity contribution in [2.75, 3.05) is 14.1 Å². The molecule has 5 rings (SSSR count). The van der Waals surface area contributed by atoms with Crippen LogP contribution in [0.15, 0.2) is 9.98 Å². The van der Waals surface area contributed by atoms with Crippen molar-refractivity contribution >= 4 is 11.7 Å². The average Bonchev–Trinajstić information content (AvgIpc) is 3.20. The Bertz CT molecular complexity index is 549. The van der Waals surface area contributed by atoms with E-state index >= 15 is 0 Å². The summed E-state index contributed by atoms with van der Waals surface area (Å²) in [6.07, 6.45) is 14.4. The van der Waals surface area contributed by atoms with Crippen molar-refractivity contribution in [3.05, 3.63) is 0 Å². The van der Waals surface area contributed by atoms with Gasteiger partial charge in [0.15, 0.2) is 0 Å². The summed E-state index contributed by atoms with van der Waals surface area (Å²) in [5.74, 6) is 2.68. The Morgan fingerprint density at radius 3 is 1.58 bits per heavy atom. The molecule has 5 aliphatic rings. The van der Waals surface area contributed by atoms with Crippen LogP contribution >= 0.6 is 0 Å². The Morgan fingerprint density at radius 1 is 0.654 bits per heavy atom. The summed E-state index contributed by atoms with van der Waals surface area (Å²) in [6, 6.07) is 3.28. The molecule has 0 amide bonds. The van der Waals surface area contributed by atoms with E-state index in [0.29, 0.717) is 36.3 Å². The van der Waals surface area contributed by atoms with Crippen molar-refractivity contribution in [3.8, 4) is 0 Å². The van der Waals surface area contributed by atoms with Gasteiger partial charge in [0.2, 0.25) is 0 Å². The maximum atomic E-state index is 5.19. The van der Waals surface area contributed by atoms with E-state index in [2.05, 4.69) is 29.2 Å². The van der Waals surface area contributed by atoms with Crippen LogP contribution in [0, 0.1) is 0 Å². The van der Waals surface area contributed by atoms with E-state index in [1.807, 2.05) is 0 Å². The number of hydrogen-bond donors (Lipinski definition) is 1. The first-order valence-electron chi connectivity index (χ1n) is 11.1. The van der Waals surface area contributed by atoms with Crippen LogP contribution in [0.5, 0.6) is 0 Å². The molecule has 5 heteroatoms. The largest absolute Gasteiger partial charge is 0.357 e. The third-order valence-corrected chi connectivity index (χ3v) is 7.71. The standard InChI is InChI=1S/C21H35N5/c1-25-18-12-5-3-8-14(18)23-20(25)16-10-7-11-17(22-16)21-24-15-9-4-6-13-19(15)26(21)2/h14-19,22H,3-13H2,1-2H3. The zero-order chi connectivity index (χ0) is 17.7. The number of nitrogens with zero attached hydrogens (tertiary/aromatic N) is 4. The van der Waals surface area contributed by atoms with Crippen LogP contribution in [0.4, 0.5) is 0 Å². The lowest BCUT2D eigenvalue weighted by Crippen LogP contribution is -2.56. The molecule has 0 aromatic rings. The van der Waals surface area contributed by atoms with Gasteiger partial charge in [-0.2, -0.15) is 0 Å². The zero-order valence-corrected chi connectivity index (χ0v) is 16.5. The second kappa shape index (κ2) is 6.81. The van der Waals surface area contributed by atoms with E-state index in [1.54, 1.807) is 0 Å². The average molecular weight is 358 g/mol. The van der Waals surface area contributed by atoms with Crippen molar-refractivity contribution in [2.24, 2.45) is 9.98 Å². The number of hydrogen-bond acceptors (Lipinski definition) is 5. The summed E-state index contributed by atoms with van der Waals surface area (Å²) < 4.78 is 0. The number of rotatable bonds is 2. The topological polar surface area (TPSA) is 43.2 Å². The highest BCUT2D eigenvalue weighted by molar-refractivity contribution is 5.93. The number of likely N-dealkylation sites (N-methyl/N-ethyl adjacent to an activating group) is 2. The van der Waals surface area contributed by atoms with Crippen molar-refractivity contribution in [1.82, 2.24) is 15.1 Å². The summed E-state index contributed by atoms with van der Waals surface area (Å²) in [7, 11) is 4.57. The summed E-state index contributed by atoms with van der Waals surface area (Å²) in [6.45, 7) is 0. The summed E-state index contributed by atoms with van der Waals surface area (Å²) in [5.41, 5.74) is 0. The van der Waals surface area contributed by atoms with E-state index in [1.165, 1.54) is 82.3 Å². The third kappa shape index (κ3) is 2.78. The molecule has 6 unspecified atom stereocenters. The second-order valence-electron chi connectivity index (χ2n) is 9.24. The highest BCUT2D eigenvalue weighted by Gasteiger charge is 2.42. The maximum Gasteiger partial charge on any atom is 0.117 e. The van der Waals surface area contributed by atoms with Gasteiger partial charge in [-0.05, 0) is 44.9 Å². The molecule has 26 heavy (non-hydrogen) atoms. The molecule has 2 aliphatic carbocycles. The Labute approximate surface area is 158 Å². The monoisotopic (exact) mass is 357 g/mol. The van der Waals surface area contributed by atoms with Gasteiger partial charge in [0.25, 0.3) is 0 Å². The molecular weight excluding hydrogens is 322 g/mol. The minimum Gasteiger partial charge on any atom is -0.357 e. The first-order valence-corrected chi connectivity index (χ1v) is 11.1. The molecule has 0 aromatic heterocycles. The fourth-order valence-electron chi connectivity index (χ4n) is 6.26. The van der Waals surface area contributed by atoms with Gasteiger partial charge in [-0.1, -0.05) is 25.7 Å². The molecule has 2 saturated carbocycles. The minimum absolute atomic E-state index is 0.420. The fourth-order valence-corrected chi connectivity index (χ4v) is 6.26. The van der Waals surface area contributed by atoms with Crippen molar-refractivity contribution in [2.45, 2.75) is 107 Å². The van der Waals surface area contributed by atoms with E-state index in [-0.39, 0.29) is 0 Å². The van der Waals surface area contributed by atoms with Gasteiger partial charge in [-0.15, -0.1) is 0 Å². The van der Waals surface area contributed by atoms with Gasteiger partial charge in [0, 0.05) is 14.1 Å². The number of aliphatic imine (C=N–C) groups is 2. The van der Waals surface area contributed by atoms with E-state index in [9.17, 15) is 0 Å². The van der Waals surface area contributed by atoms with E-state index in [4.69, 9.17) is 9.98 Å². The van der Waals surface area contributed by atoms with Crippen molar-refractivity contribution in [3.63, 3.8) is 0 Å². The van der Waals surface area contributed by atoms with Crippen LogP contribution in [-0.4, -0.2) is 71.8 Å². The molecule has 0 aromatic carbocycles. The number of nitrogens with one attached hydrogen (secondary N) is 1. The molecule has 0 radical (unpaired) electrons. The molecule has 6 atom stereocenters. The molecule has 1 saturated heterocycles. The smallest absolute Gasteiger partial charge is 0.117 e. The molecule has 5 nitrogen and oxygen atoms in total. The predicted molar refractivity (Wildman–Crippen MR) is 107 cm³/mol. The van der Waals surface area contributed by atoms with Crippen LogP contribution in [0.2, 0.25) is 0 Å². The first-order chi connectivity index (χ1) is 12.7. The Kier molecular flexibility index (Phi) is 4.46. The Balaban J connectivity index is 1.31. The van der Waals surface area contributed by atoms with Gasteiger partial charge < -0.3 is 9.80 Å². The van der Waals surface area contributed by atoms with Gasteiger partial charge >= 0.3 is 0 Å². The lowest BCUT2D eigenvalue weighted by atomic mass is 9.91. The maximum absolute atomic E-state index is 5.19. The molecule has 3 fully saturated rings. The Hall–Kier alpha value is -1.10. The minimum atomic E-state index is 0.420. The van der Waals surface area contributed by atoms with Crippen LogP contribution in [0.1, 0.15) is 70.6 Å². The van der Waals surface area contributed by atoms with Crippen LogP contribution in [-0.2, 0) is 0 Å². The van der Waals surface area contributed by atoms with Crippen molar-refractivity contribution < 1.29 is 0 Å². The molecule has 0 bridgehead atoms. The quantitative estimate of drug-likeness (QED) is 0.826. The Morgan fingerprint density at radius 2 is 1.12 bits per heavy atom. The fraction of sp³-hybridized carbons (Fsp3) is 0.905. The molecule has 3 aliphatic heterocycles. The molecule has 3 heterocycles. The summed E-state index contributed by atoms with van der Waals surface area (Å²) >= 11 is 0. The van der Waals surface area contributed by atoms with Gasteiger partial charge in [0.1, 0.15) is 11.7 Å². The predicted octanol–water partition coefficient (Wildman–Crippen LogP) is 2.81. The lowest BCUT2D eigenvalue weighted by molar-refractivity contribution is 0.262. The van der Waals surface area contributed by atoms with Crippen LogP contribution < -0.4 is 5.32 Å². The summed E-state index contributed by atoms with van der Waals surface area (Å²) in [5, 5.41) is 3.97. The third-order valence-electron chi connectivity index (χ3n) is 7.71. The summed E-state index contributed by atoms with van der Waals surface area (Å²) in [4.78, 5) is 15.4. The van der Waals surface area contributed by atoms with Gasteiger partial charge in [-0.3, -0.25) is 15.3 Å². The van der Waals surface area contributed by atoms with Crippen LogP contribution in [0.3, 0.4) is 0 Å². The molecular formula is C21H35N5. The molecule has 0 spiro atoms. The number of piperidine rings is 1. The number of fused-ring (bicyclic) bond motifs is 2. The highest BCUT2D eigenvalue weighted by Crippen LogP contribution is 2.34. The lowest BCUT2D eigenvalue weighted by Gasteiger charge is -2.38. The van der Waals surface area contributed by atoms with Gasteiger partial charge in [-0.25, -0.2) is 0 Å². The zero-order valence-electron chi connectivity index (χ0n) is 16.5. The highest BCUT2D eigenvalue weighted by atomic mass is 15.3. The van der Waals surface area contributed by atoms with E-state index < -0.39 is 0 Å². The van der Waals surface area contributed by atoms with E-state index in [0.717, 1.165) is 0 Å². The van der Waals surface area contributed by atoms with Crippen molar-refractivity contribution in [1.29, 1.82) is 0 Å². The van der Waals surface area contributed by atoms with Gasteiger partial charge in [0.05, 0.1) is 36.3 Å². The molecule has 1 N–H and O–H groups in total. The molecule has 144 valence electrons.